The lowest BCUT2D eigenvalue weighted by Gasteiger charge is -2.17. The first-order valence-electron chi connectivity index (χ1n) is 5.79. The highest BCUT2D eigenvalue weighted by Gasteiger charge is 2.60. The third-order valence-electron chi connectivity index (χ3n) is 3.96. The lowest BCUT2D eigenvalue weighted by atomic mass is 9.97. The number of nitrogens with zero attached hydrogens (tertiary/aromatic N) is 1. The Bertz CT molecular complexity index is 606. The molecule has 17 heavy (non-hydrogen) atoms. The number of rotatable bonds is 1. The molecule has 1 aromatic carbocycles. The fourth-order valence-electron chi connectivity index (χ4n) is 2.52. The second kappa shape index (κ2) is 3.21. The van der Waals surface area contributed by atoms with Crippen molar-refractivity contribution in [2.24, 2.45) is 11.1 Å². The van der Waals surface area contributed by atoms with Gasteiger partial charge in [0.15, 0.2) is 0 Å². The Balaban J connectivity index is 2.22. The molecule has 2 aromatic rings. The van der Waals surface area contributed by atoms with Crippen molar-refractivity contribution in [3.05, 3.63) is 41.0 Å². The van der Waals surface area contributed by atoms with Crippen LogP contribution in [0.1, 0.15) is 25.8 Å². The summed E-state index contributed by atoms with van der Waals surface area (Å²) in [6.45, 7) is 4.33. The van der Waals surface area contributed by atoms with Gasteiger partial charge in [-0.3, -0.25) is 0 Å². The van der Waals surface area contributed by atoms with Crippen LogP contribution < -0.4 is 5.73 Å². The summed E-state index contributed by atoms with van der Waals surface area (Å²) < 4.78 is 0. The van der Waals surface area contributed by atoms with Crippen molar-refractivity contribution >= 4 is 22.5 Å². The minimum Gasteiger partial charge on any atom is -0.321 e. The molecular weight excluding hydrogens is 232 g/mol. The standard InChI is InChI=1S/C14H15ClN2/c1-13(2)8-14(13,16)10-7-9-5-3-4-6-11(9)17-12(10)15/h3-7H,8,16H2,1-2H3. The largest absolute Gasteiger partial charge is 0.321 e. The van der Waals surface area contributed by atoms with E-state index in [1.54, 1.807) is 0 Å². The van der Waals surface area contributed by atoms with E-state index in [0.717, 1.165) is 22.9 Å². The van der Waals surface area contributed by atoms with Crippen LogP contribution in [-0.4, -0.2) is 4.98 Å². The third kappa shape index (κ3) is 1.48. The molecule has 1 aliphatic rings. The summed E-state index contributed by atoms with van der Waals surface area (Å²) in [5.41, 5.74) is 8.10. The number of benzene rings is 1. The van der Waals surface area contributed by atoms with E-state index < -0.39 is 0 Å². The summed E-state index contributed by atoms with van der Waals surface area (Å²) in [6.07, 6.45) is 0.958. The molecule has 0 aliphatic heterocycles. The molecule has 0 amide bonds. The van der Waals surface area contributed by atoms with E-state index in [-0.39, 0.29) is 11.0 Å². The molecule has 1 unspecified atom stereocenters. The number of halogens is 1. The molecular formula is C14H15ClN2. The van der Waals surface area contributed by atoms with Gasteiger partial charge in [0.25, 0.3) is 0 Å². The molecule has 3 rings (SSSR count). The van der Waals surface area contributed by atoms with Gasteiger partial charge in [-0.15, -0.1) is 0 Å². The SMILES string of the molecule is CC1(C)CC1(N)c1cc2ccccc2nc1Cl. The predicted octanol–water partition coefficient (Wildman–Crippen LogP) is 3.47. The van der Waals surface area contributed by atoms with Gasteiger partial charge in [-0.25, -0.2) is 4.98 Å². The predicted molar refractivity (Wildman–Crippen MR) is 71.0 cm³/mol. The highest BCUT2D eigenvalue weighted by molar-refractivity contribution is 6.30. The highest BCUT2D eigenvalue weighted by Crippen LogP contribution is 2.61. The number of hydrogen-bond donors (Lipinski definition) is 1. The first kappa shape index (κ1) is 11.0. The zero-order chi connectivity index (χ0) is 12.3. The van der Waals surface area contributed by atoms with Crippen LogP contribution in [0, 0.1) is 5.41 Å². The molecule has 0 bridgehead atoms. The van der Waals surface area contributed by atoms with Crippen LogP contribution in [0.25, 0.3) is 10.9 Å². The lowest BCUT2D eigenvalue weighted by molar-refractivity contribution is 0.509. The van der Waals surface area contributed by atoms with E-state index in [1.165, 1.54) is 0 Å². The topological polar surface area (TPSA) is 38.9 Å². The van der Waals surface area contributed by atoms with E-state index in [4.69, 9.17) is 17.3 Å². The van der Waals surface area contributed by atoms with Gasteiger partial charge in [-0.1, -0.05) is 43.6 Å². The number of aromatic nitrogens is 1. The molecule has 1 aliphatic carbocycles. The minimum absolute atomic E-state index is 0.112. The van der Waals surface area contributed by atoms with Crippen LogP contribution in [0.15, 0.2) is 30.3 Å². The fourth-order valence-corrected chi connectivity index (χ4v) is 2.83. The number of hydrogen-bond acceptors (Lipinski definition) is 2. The normalized spacial score (nSPS) is 26.1. The summed E-state index contributed by atoms with van der Waals surface area (Å²) in [5, 5.41) is 1.64. The Morgan fingerprint density at radius 1 is 1.29 bits per heavy atom. The summed E-state index contributed by atoms with van der Waals surface area (Å²) in [7, 11) is 0. The molecule has 2 N–H and O–H groups in total. The van der Waals surface area contributed by atoms with E-state index in [2.05, 4.69) is 24.9 Å². The molecule has 1 heterocycles. The quantitative estimate of drug-likeness (QED) is 0.783. The fraction of sp³-hybridized carbons (Fsp3) is 0.357. The van der Waals surface area contributed by atoms with Crippen LogP contribution in [0.4, 0.5) is 0 Å². The number of nitrogens with two attached hydrogens (primary N) is 1. The Labute approximate surface area is 106 Å². The molecule has 1 atom stereocenters. The van der Waals surface area contributed by atoms with Crippen molar-refractivity contribution in [2.75, 3.05) is 0 Å². The van der Waals surface area contributed by atoms with Gasteiger partial charge in [-0.05, 0) is 24.0 Å². The second-order valence-electron chi connectivity index (χ2n) is 5.55. The molecule has 1 fully saturated rings. The van der Waals surface area contributed by atoms with Crippen LogP contribution >= 0.6 is 11.6 Å². The molecule has 1 saturated carbocycles. The Morgan fingerprint density at radius 2 is 1.94 bits per heavy atom. The van der Waals surface area contributed by atoms with Crippen molar-refractivity contribution < 1.29 is 0 Å². The van der Waals surface area contributed by atoms with E-state index in [0.29, 0.717) is 5.15 Å². The first-order chi connectivity index (χ1) is 7.94. The van der Waals surface area contributed by atoms with E-state index in [1.807, 2.05) is 24.3 Å². The van der Waals surface area contributed by atoms with Gasteiger partial charge in [0, 0.05) is 16.5 Å². The van der Waals surface area contributed by atoms with Crippen LogP contribution in [0.2, 0.25) is 5.15 Å². The molecule has 1 aromatic heterocycles. The molecule has 0 spiro atoms. The maximum Gasteiger partial charge on any atom is 0.134 e. The van der Waals surface area contributed by atoms with E-state index >= 15 is 0 Å². The molecule has 0 saturated heterocycles. The van der Waals surface area contributed by atoms with Gasteiger partial charge in [-0.2, -0.15) is 0 Å². The maximum absolute atomic E-state index is 6.41. The lowest BCUT2D eigenvalue weighted by Crippen LogP contribution is -2.26. The first-order valence-corrected chi connectivity index (χ1v) is 6.16. The molecule has 88 valence electrons. The number of fused-ring (bicyclic) bond motifs is 1. The molecule has 3 heteroatoms. The van der Waals surface area contributed by atoms with Gasteiger partial charge >= 0.3 is 0 Å². The van der Waals surface area contributed by atoms with Crippen molar-refractivity contribution in [1.82, 2.24) is 4.98 Å². The van der Waals surface area contributed by atoms with Crippen molar-refractivity contribution in [3.63, 3.8) is 0 Å². The maximum atomic E-state index is 6.41. The van der Waals surface area contributed by atoms with E-state index in [9.17, 15) is 0 Å². The zero-order valence-electron chi connectivity index (χ0n) is 10.00. The Morgan fingerprint density at radius 3 is 2.59 bits per heavy atom. The van der Waals surface area contributed by atoms with Gasteiger partial charge < -0.3 is 5.73 Å². The zero-order valence-corrected chi connectivity index (χ0v) is 10.8. The Hall–Kier alpha value is -1.12. The van der Waals surface area contributed by atoms with Gasteiger partial charge in [0.1, 0.15) is 5.15 Å². The minimum atomic E-state index is -0.318. The van der Waals surface area contributed by atoms with Gasteiger partial charge in [0.2, 0.25) is 0 Å². The summed E-state index contributed by atoms with van der Waals surface area (Å²) in [4.78, 5) is 4.43. The van der Waals surface area contributed by atoms with Crippen molar-refractivity contribution in [3.8, 4) is 0 Å². The van der Waals surface area contributed by atoms with Crippen molar-refractivity contribution in [2.45, 2.75) is 25.8 Å². The smallest absolute Gasteiger partial charge is 0.134 e. The summed E-state index contributed by atoms with van der Waals surface area (Å²) in [5.74, 6) is 0. The third-order valence-corrected chi connectivity index (χ3v) is 4.25. The monoisotopic (exact) mass is 246 g/mol. The number of para-hydroxylation sites is 1. The Kier molecular flexibility index (Phi) is 2.08. The summed E-state index contributed by atoms with van der Waals surface area (Å²) >= 11 is 6.26. The molecule has 0 radical (unpaired) electrons. The van der Waals surface area contributed by atoms with Crippen LogP contribution in [0.3, 0.4) is 0 Å². The second-order valence-corrected chi connectivity index (χ2v) is 5.91. The summed E-state index contributed by atoms with van der Waals surface area (Å²) in [6, 6.07) is 10.1. The number of pyridine rings is 1. The van der Waals surface area contributed by atoms with Crippen molar-refractivity contribution in [1.29, 1.82) is 0 Å². The van der Waals surface area contributed by atoms with Gasteiger partial charge in [0.05, 0.1) is 5.52 Å². The molecule has 2 nitrogen and oxygen atoms in total. The van der Waals surface area contributed by atoms with Crippen LogP contribution in [0.5, 0.6) is 0 Å². The highest BCUT2D eigenvalue weighted by atomic mass is 35.5. The average molecular weight is 247 g/mol. The van der Waals surface area contributed by atoms with Crippen LogP contribution in [-0.2, 0) is 5.54 Å². The average Bonchev–Trinajstić information content (AvgIpc) is 2.78.